The van der Waals surface area contributed by atoms with Crippen molar-refractivity contribution < 1.29 is 22.7 Å². The molecule has 0 saturated carbocycles. The average Bonchev–Trinajstić information content (AvgIpc) is 2.67. The smallest absolute Gasteiger partial charge is 0.338 e. The molecule has 0 radical (unpaired) electrons. The number of primary sulfonamides is 1. The van der Waals surface area contributed by atoms with Gasteiger partial charge in [-0.25, -0.2) is 18.4 Å². The number of sulfonamides is 1. The zero-order valence-corrected chi connectivity index (χ0v) is 17.2. The number of hydrogen-bond acceptors (Lipinski definition) is 5. The zero-order valence-electron chi connectivity index (χ0n) is 16.4. The first kappa shape index (κ1) is 21.0. The first-order valence-corrected chi connectivity index (χ1v) is 10.9. The molecule has 1 amide bonds. The summed E-state index contributed by atoms with van der Waals surface area (Å²) in [5.41, 5.74) is 3.40. The summed E-state index contributed by atoms with van der Waals surface area (Å²) in [7, 11) is -3.98. The van der Waals surface area contributed by atoms with E-state index in [0.29, 0.717) is 11.1 Å². The van der Waals surface area contributed by atoms with Crippen molar-refractivity contribution in [1.82, 2.24) is 5.32 Å². The first-order valence-electron chi connectivity index (χ1n) is 9.35. The van der Waals surface area contributed by atoms with Crippen LogP contribution in [0.5, 0.6) is 0 Å². The van der Waals surface area contributed by atoms with E-state index in [1.54, 1.807) is 13.8 Å². The van der Waals surface area contributed by atoms with E-state index in [2.05, 4.69) is 11.4 Å². The van der Waals surface area contributed by atoms with Crippen molar-refractivity contribution in [2.45, 2.75) is 44.0 Å². The molecule has 2 aromatic carbocycles. The van der Waals surface area contributed by atoms with E-state index in [4.69, 9.17) is 9.88 Å². The number of carbonyl (C=O) groups is 2. The van der Waals surface area contributed by atoms with Gasteiger partial charge in [0.05, 0.1) is 16.5 Å². The maximum atomic E-state index is 12.3. The minimum Gasteiger partial charge on any atom is -0.452 e. The Labute approximate surface area is 170 Å². The standard InChI is InChI=1S/C21H24N2O5S/c1-13-10-16(11-19(14(13)2)29(22,26)27)21(25)28-12-20(24)23-18-9-5-7-15-6-3-4-8-17(15)18/h3-4,6,8,10-11,18H,5,7,9,12H2,1-2H3,(H,23,24)(H2,22,26,27). The van der Waals surface area contributed by atoms with Gasteiger partial charge in [-0.1, -0.05) is 24.3 Å². The Morgan fingerprint density at radius 1 is 1.21 bits per heavy atom. The molecular weight excluding hydrogens is 392 g/mol. The molecule has 0 fully saturated rings. The van der Waals surface area contributed by atoms with Gasteiger partial charge in [-0.15, -0.1) is 0 Å². The number of amides is 1. The van der Waals surface area contributed by atoms with Gasteiger partial charge in [0.2, 0.25) is 10.0 Å². The fourth-order valence-corrected chi connectivity index (χ4v) is 4.47. The number of carbonyl (C=O) groups excluding carboxylic acids is 2. The van der Waals surface area contributed by atoms with Crippen molar-refractivity contribution in [3.05, 3.63) is 64.2 Å². The van der Waals surface area contributed by atoms with Crippen molar-refractivity contribution in [3.8, 4) is 0 Å². The van der Waals surface area contributed by atoms with Gasteiger partial charge < -0.3 is 10.1 Å². The van der Waals surface area contributed by atoms with E-state index in [1.807, 2.05) is 18.2 Å². The average molecular weight is 416 g/mol. The molecule has 0 heterocycles. The third-order valence-corrected chi connectivity index (χ3v) is 6.24. The molecule has 1 aliphatic carbocycles. The Balaban J connectivity index is 1.66. The minimum absolute atomic E-state index is 0.0351. The highest BCUT2D eigenvalue weighted by Gasteiger charge is 2.23. The second kappa shape index (κ2) is 8.34. The Morgan fingerprint density at radius 2 is 1.93 bits per heavy atom. The summed E-state index contributed by atoms with van der Waals surface area (Å²) in [6, 6.07) is 10.5. The van der Waals surface area contributed by atoms with Crippen LogP contribution in [0.2, 0.25) is 0 Å². The largest absolute Gasteiger partial charge is 0.452 e. The molecule has 0 saturated heterocycles. The second-order valence-electron chi connectivity index (χ2n) is 7.25. The summed E-state index contributed by atoms with van der Waals surface area (Å²) in [6.45, 7) is 2.84. The molecule has 8 heteroatoms. The summed E-state index contributed by atoms with van der Waals surface area (Å²) in [5.74, 6) is -1.19. The molecule has 1 aliphatic rings. The van der Waals surface area contributed by atoms with E-state index in [-0.39, 0.29) is 16.5 Å². The number of aryl methyl sites for hydroxylation is 2. The zero-order chi connectivity index (χ0) is 21.2. The number of nitrogens with one attached hydrogen (secondary N) is 1. The van der Waals surface area contributed by atoms with Crippen LogP contribution in [-0.2, 0) is 26.0 Å². The fourth-order valence-electron chi connectivity index (χ4n) is 3.59. The molecular formula is C21H24N2O5S. The minimum atomic E-state index is -3.98. The Kier molecular flexibility index (Phi) is 6.04. The van der Waals surface area contributed by atoms with E-state index < -0.39 is 28.5 Å². The maximum absolute atomic E-state index is 12.3. The van der Waals surface area contributed by atoms with E-state index in [0.717, 1.165) is 24.8 Å². The lowest BCUT2D eigenvalue weighted by Crippen LogP contribution is -2.34. The quantitative estimate of drug-likeness (QED) is 0.726. The fraction of sp³-hybridized carbons (Fsp3) is 0.333. The topological polar surface area (TPSA) is 116 Å². The van der Waals surface area contributed by atoms with Crippen LogP contribution in [0.1, 0.15) is 51.5 Å². The van der Waals surface area contributed by atoms with Crippen molar-refractivity contribution in [1.29, 1.82) is 0 Å². The predicted molar refractivity (Wildman–Crippen MR) is 108 cm³/mol. The van der Waals surface area contributed by atoms with Gasteiger partial charge in [-0.2, -0.15) is 0 Å². The van der Waals surface area contributed by atoms with Gasteiger partial charge in [0.15, 0.2) is 6.61 Å². The van der Waals surface area contributed by atoms with Crippen LogP contribution in [0.25, 0.3) is 0 Å². The van der Waals surface area contributed by atoms with E-state index in [1.165, 1.54) is 17.7 Å². The van der Waals surface area contributed by atoms with Crippen molar-refractivity contribution in [2.75, 3.05) is 6.61 Å². The highest BCUT2D eigenvalue weighted by Crippen LogP contribution is 2.29. The van der Waals surface area contributed by atoms with E-state index >= 15 is 0 Å². The molecule has 154 valence electrons. The lowest BCUT2D eigenvalue weighted by Gasteiger charge is -2.26. The number of esters is 1. The van der Waals surface area contributed by atoms with Crippen LogP contribution in [0.4, 0.5) is 0 Å². The van der Waals surface area contributed by atoms with E-state index in [9.17, 15) is 18.0 Å². The lowest BCUT2D eigenvalue weighted by molar-refractivity contribution is -0.125. The van der Waals surface area contributed by atoms with Crippen LogP contribution in [0.3, 0.4) is 0 Å². The predicted octanol–water partition coefficient (Wildman–Crippen LogP) is 2.30. The van der Waals surface area contributed by atoms with Gasteiger partial charge in [-0.05, 0) is 67.5 Å². The second-order valence-corrected chi connectivity index (χ2v) is 8.78. The molecule has 0 spiro atoms. The molecule has 0 bridgehead atoms. The normalized spacial score (nSPS) is 16.0. The number of fused-ring (bicyclic) bond motifs is 1. The number of nitrogens with two attached hydrogens (primary N) is 1. The van der Waals surface area contributed by atoms with Crippen LogP contribution in [0.15, 0.2) is 41.3 Å². The van der Waals surface area contributed by atoms with Crippen LogP contribution >= 0.6 is 0 Å². The van der Waals surface area contributed by atoms with Crippen molar-refractivity contribution in [2.24, 2.45) is 5.14 Å². The number of rotatable bonds is 5. The lowest BCUT2D eigenvalue weighted by atomic mass is 9.88. The molecule has 29 heavy (non-hydrogen) atoms. The summed E-state index contributed by atoms with van der Waals surface area (Å²) in [6.07, 6.45) is 2.78. The number of benzene rings is 2. The molecule has 7 nitrogen and oxygen atoms in total. The van der Waals surface area contributed by atoms with Gasteiger partial charge in [0.25, 0.3) is 5.91 Å². The van der Waals surface area contributed by atoms with Gasteiger partial charge in [0, 0.05) is 0 Å². The summed E-state index contributed by atoms with van der Waals surface area (Å²) in [5, 5.41) is 8.12. The Morgan fingerprint density at radius 3 is 2.66 bits per heavy atom. The van der Waals surface area contributed by atoms with Crippen LogP contribution in [-0.4, -0.2) is 26.9 Å². The summed E-state index contributed by atoms with van der Waals surface area (Å²) >= 11 is 0. The SMILES string of the molecule is Cc1cc(C(=O)OCC(=O)NC2CCCc3ccccc32)cc(S(N)(=O)=O)c1C. The first-order chi connectivity index (χ1) is 13.7. The summed E-state index contributed by atoms with van der Waals surface area (Å²) < 4.78 is 28.6. The molecule has 0 aliphatic heterocycles. The van der Waals surface area contributed by atoms with Crippen molar-refractivity contribution >= 4 is 21.9 Å². The number of ether oxygens (including phenoxy) is 1. The van der Waals surface area contributed by atoms with Crippen molar-refractivity contribution in [3.63, 3.8) is 0 Å². The molecule has 3 N–H and O–H groups in total. The summed E-state index contributed by atoms with van der Waals surface area (Å²) in [4.78, 5) is 24.5. The monoisotopic (exact) mass is 416 g/mol. The Hall–Kier alpha value is -2.71. The molecule has 1 atom stereocenters. The van der Waals surface area contributed by atoms with Gasteiger partial charge in [0.1, 0.15) is 0 Å². The van der Waals surface area contributed by atoms with Crippen LogP contribution < -0.4 is 10.5 Å². The van der Waals surface area contributed by atoms with Gasteiger partial charge in [-0.3, -0.25) is 4.79 Å². The molecule has 2 aromatic rings. The molecule has 1 unspecified atom stereocenters. The molecule has 0 aromatic heterocycles. The van der Waals surface area contributed by atoms with Gasteiger partial charge >= 0.3 is 5.97 Å². The highest BCUT2D eigenvalue weighted by atomic mass is 32.2. The third kappa shape index (κ3) is 4.83. The maximum Gasteiger partial charge on any atom is 0.338 e. The highest BCUT2D eigenvalue weighted by molar-refractivity contribution is 7.89. The number of hydrogen-bond donors (Lipinski definition) is 2. The van der Waals surface area contributed by atoms with Crippen LogP contribution in [0, 0.1) is 13.8 Å². The Bertz CT molecular complexity index is 1060. The molecule has 3 rings (SSSR count). The third-order valence-electron chi connectivity index (χ3n) is 5.20.